The molecule has 0 atom stereocenters. The van der Waals surface area contributed by atoms with Crippen molar-refractivity contribution in [3.63, 3.8) is 0 Å². The highest BCUT2D eigenvalue weighted by molar-refractivity contribution is 6.60. The van der Waals surface area contributed by atoms with Gasteiger partial charge in [-0.15, -0.1) is 0 Å². The second kappa shape index (κ2) is 24.1. The summed E-state index contributed by atoms with van der Waals surface area (Å²) in [6.45, 7) is 17.3. The van der Waals surface area contributed by atoms with Gasteiger partial charge in [-0.2, -0.15) is 15.0 Å². The van der Waals surface area contributed by atoms with Crippen molar-refractivity contribution in [3.05, 3.63) is 0 Å². The van der Waals surface area contributed by atoms with Crippen LogP contribution in [0.25, 0.3) is 0 Å². The van der Waals surface area contributed by atoms with E-state index in [4.69, 9.17) is 28.0 Å². The highest BCUT2D eigenvalue weighted by atomic mass is 28.4. The molecule has 1 rings (SSSR count). The zero-order valence-corrected chi connectivity index (χ0v) is 27.8. The van der Waals surface area contributed by atoms with E-state index in [1.165, 1.54) is 64.2 Å². The molecule has 0 unspecified atom stereocenters. The van der Waals surface area contributed by atoms with E-state index in [1.54, 1.807) is 0 Å². The topological polar surface area (TPSA) is 90.9 Å². The predicted molar refractivity (Wildman–Crippen MR) is 169 cm³/mol. The summed E-state index contributed by atoms with van der Waals surface area (Å²) >= 11 is 0. The maximum absolute atomic E-state index is 6.00. The van der Waals surface area contributed by atoms with E-state index < -0.39 is 8.80 Å². The van der Waals surface area contributed by atoms with Gasteiger partial charge in [-0.3, -0.25) is 0 Å². The predicted octanol–water partition coefficient (Wildman–Crippen LogP) is 7.65. The molecule has 0 aliphatic heterocycles. The molecule has 10 heteroatoms. The molecular formula is C30H61N5O4Si. The number of rotatable bonds is 28. The minimum atomic E-state index is -2.67. The normalized spacial score (nSPS) is 11.7. The van der Waals surface area contributed by atoms with Crippen LogP contribution < -0.4 is 15.0 Å². The van der Waals surface area contributed by atoms with Crippen molar-refractivity contribution < 1.29 is 18.0 Å². The zero-order chi connectivity index (χ0) is 29.3. The fourth-order valence-electron chi connectivity index (χ4n) is 4.74. The quantitative estimate of drug-likeness (QED) is 0.0789. The van der Waals surface area contributed by atoms with Crippen molar-refractivity contribution in [2.75, 3.05) is 56.3 Å². The number of hydrogen-bond donors (Lipinski definition) is 1. The third kappa shape index (κ3) is 16.1. The van der Waals surface area contributed by atoms with Crippen LogP contribution in [-0.4, -0.2) is 69.8 Å². The number of ether oxygens (including phenoxy) is 1. The van der Waals surface area contributed by atoms with E-state index in [0.717, 1.165) is 38.4 Å². The first kappa shape index (κ1) is 36.5. The molecule has 40 heavy (non-hydrogen) atoms. The molecule has 0 spiro atoms. The maximum atomic E-state index is 6.00. The Morgan fingerprint density at radius 1 is 0.600 bits per heavy atom. The molecular weight excluding hydrogens is 522 g/mol. The molecule has 1 N–H and O–H groups in total. The van der Waals surface area contributed by atoms with Gasteiger partial charge in [0.2, 0.25) is 11.9 Å². The van der Waals surface area contributed by atoms with Crippen LogP contribution in [0.1, 0.15) is 125 Å². The molecule has 9 nitrogen and oxygen atoms in total. The fourth-order valence-corrected chi connectivity index (χ4v) is 7.36. The van der Waals surface area contributed by atoms with Crippen molar-refractivity contribution in [1.82, 2.24) is 15.0 Å². The molecule has 0 fully saturated rings. The van der Waals surface area contributed by atoms with Gasteiger partial charge >= 0.3 is 14.8 Å². The van der Waals surface area contributed by atoms with Crippen LogP contribution in [0.2, 0.25) is 6.04 Å². The Labute approximate surface area is 246 Å². The first-order chi connectivity index (χ1) is 19.6. The Bertz CT molecular complexity index is 698. The van der Waals surface area contributed by atoms with Crippen molar-refractivity contribution in [2.45, 2.75) is 131 Å². The first-order valence-corrected chi connectivity index (χ1v) is 18.3. The summed E-state index contributed by atoms with van der Waals surface area (Å²) in [7, 11) is -2.67. The smallest absolute Gasteiger partial charge is 0.464 e. The van der Waals surface area contributed by atoms with Gasteiger partial charge in [-0.1, -0.05) is 78.1 Å². The molecule has 0 amide bonds. The van der Waals surface area contributed by atoms with Gasteiger partial charge in [-0.05, 0) is 47.0 Å². The van der Waals surface area contributed by atoms with Crippen molar-refractivity contribution >= 4 is 20.7 Å². The van der Waals surface area contributed by atoms with Crippen LogP contribution in [-0.2, 0) is 13.3 Å². The zero-order valence-electron chi connectivity index (χ0n) is 26.8. The Morgan fingerprint density at radius 3 is 1.62 bits per heavy atom. The van der Waals surface area contributed by atoms with Crippen LogP contribution in [0.3, 0.4) is 0 Å². The fraction of sp³-hybridized carbons (Fsp3) is 0.900. The summed E-state index contributed by atoms with van der Waals surface area (Å²) in [5.41, 5.74) is 0. The van der Waals surface area contributed by atoms with Crippen molar-refractivity contribution in [2.24, 2.45) is 0 Å². The lowest BCUT2D eigenvalue weighted by Gasteiger charge is -2.28. The molecule has 0 bridgehead atoms. The molecule has 234 valence electrons. The van der Waals surface area contributed by atoms with Crippen LogP contribution in [0, 0.1) is 0 Å². The molecule has 0 saturated heterocycles. The van der Waals surface area contributed by atoms with E-state index in [-0.39, 0.29) is 0 Å². The van der Waals surface area contributed by atoms with Gasteiger partial charge in [0.1, 0.15) is 0 Å². The summed E-state index contributed by atoms with van der Waals surface area (Å²) in [6, 6.07) is 1.13. The second-order valence-corrected chi connectivity index (χ2v) is 12.9. The number of unbranched alkanes of at least 4 members (excludes halogenated alkanes) is 10. The van der Waals surface area contributed by atoms with Crippen LogP contribution in [0.4, 0.5) is 11.9 Å². The average Bonchev–Trinajstić information content (AvgIpc) is 2.94. The molecule has 1 heterocycles. The Morgan fingerprint density at radius 2 is 1.12 bits per heavy atom. The van der Waals surface area contributed by atoms with Crippen LogP contribution in [0.15, 0.2) is 0 Å². The third-order valence-corrected chi connectivity index (χ3v) is 9.91. The average molecular weight is 584 g/mol. The van der Waals surface area contributed by atoms with E-state index >= 15 is 0 Å². The van der Waals surface area contributed by atoms with Gasteiger partial charge in [-0.25, -0.2) is 0 Å². The van der Waals surface area contributed by atoms with Crippen LogP contribution in [0.5, 0.6) is 6.01 Å². The number of aromatic nitrogens is 3. The summed E-state index contributed by atoms with van der Waals surface area (Å²) in [4.78, 5) is 16.4. The summed E-state index contributed by atoms with van der Waals surface area (Å²) in [5, 5.41) is 3.41. The first-order valence-electron chi connectivity index (χ1n) is 16.4. The second-order valence-electron chi connectivity index (χ2n) is 10.2. The van der Waals surface area contributed by atoms with E-state index in [0.29, 0.717) is 50.9 Å². The number of anilines is 2. The number of nitrogens with one attached hydrogen (secondary N) is 1. The standard InChI is InChI=1S/C30H61N5O4Si/c1-7-13-15-17-19-21-25-35(26-22-20-18-16-14-8-2)29-32-28(33-30(34-29)36-9-3)31-24-23-27-40(37-10-4,38-11-5)39-12-6/h7-27H2,1-6H3,(H,31,32,33,34). The minimum Gasteiger partial charge on any atom is -0.464 e. The van der Waals surface area contributed by atoms with Crippen molar-refractivity contribution in [3.8, 4) is 6.01 Å². The van der Waals surface area contributed by atoms with Gasteiger partial charge in [0.25, 0.3) is 0 Å². The molecule has 1 aromatic rings. The lowest BCUT2D eigenvalue weighted by atomic mass is 10.1. The number of nitrogens with zero attached hydrogens (tertiary/aromatic N) is 4. The summed E-state index contributed by atoms with van der Waals surface area (Å²) < 4.78 is 23.8. The van der Waals surface area contributed by atoms with Gasteiger partial charge in [0, 0.05) is 45.5 Å². The highest BCUT2D eigenvalue weighted by Gasteiger charge is 2.39. The Kier molecular flexibility index (Phi) is 22.0. The van der Waals surface area contributed by atoms with Crippen LogP contribution >= 0.6 is 0 Å². The third-order valence-electron chi connectivity index (χ3n) is 6.76. The SMILES string of the molecule is CCCCCCCCN(CCCCCCCC)c1nc(NCCC[Si](OCC)(OCC)OCC)nc(OCC)n1. The minimum absolute atomic E-state index is 0.382. The van der Waals surface area contributed by atoms with Crippen molar-refractivity contribution in [1.29, 1.82) is 0 Å². The van der Waals surface area contributed by atoms with E-state index in [9.17, 15) is 0 Å². The monoisotopic (exact) mass is 583 g/mol. The van der Waals surface area contributed by atoms with Gasteiger partial charge in [0.15, 0.2) is 0 Å². The molecule has 0 aliphatic rings. The number of hydrogen-bond acceptors (Lipinski definition) is 9. The molecule has 0 aromatic carbocycles. The summed E-state index contributed by atoms with van der Waals surface area (Å²) in [6.07, 6.45) is 16.0. The highest BCUT2D eigenvalue weighted by Crippen LogP contribution is 2.20. The Balaban J connectivity index is 2.89. The molecule has 0 aliphatic carbocycles. The van der Waals surface area contributed by atoms with E-state index in [1.807, 2.05) is 27.7 Å². The van der Waals surface area contributed by atoms with Gasteiger partial charge < -0.3 is 28.2 Å². The summed E-state index contributed by atoms with van der Waals surface area (Å²) in [5.74, 6) is 1.27. The largest absolute Gasteiger partial charge is 0.500 e. The maximum Gasteiger partial charge on any atom is 0.500 e. The Hall–Kier alpha value is -1.49. The lowest BCUT2D eigenvalue weighted by molar-refractivity contribution is 0.0710. The van der Waals surface area contributed by atoms with E-state index in [2.05, 4.69) is 29.0 Å². The molecule has 0 radical (unpaired) electrons. The molecule has 1 aromatic heterocycles. The lowest BCUT2D eigenvalue weighted by Crippen LogP contribution is -2.46. The molecule has 0 saturated carbocycles. The van der Waals surface area contributed by atoms with Gasteiger partial charge in [0.05, 0.1) is 6.61 Å².